The molecule has 0 spiro atoms. The maximum absolute atomic E-state index is 11.8. The number of hydrogen-bond donors (Lipinski definition) is 2. The standard InChI is InChI=1S/C16H21N3O2S/c1-19(10-7-14(20)13-5-3-2-4-6-13)11-8-15(21)18-16-17-9-12-22-16/h2-6,9,12,14,20H,7-8,10-11H2,1H3,(H,17,18,21)/t14-/m0/s1. The van der Waals surface area contributed by atoms with E-state index in [2.05, 4.69) is 10.3 Å². The number of benzene rings is 1. The number of rotatable bonds is 8. The van der Waals surface area contributed by atoms with Crippen molar-refractivity contribution in [3.63, 3.8) is 0 Å². The summed E-state index contributed by atoms with van der Waals surface area (Å²) in [5.41, 5.74) is 0.928. The topological polar surface area (TPSA) is 65.5 Å². The molecule has 1 atom stereocenters. The lowest BCUT2D eigenvalue weighted by molar-refractivity contribution is -0.116. The van der Waals surface area contributed by atoms with Crippen LogP contribution in [-0.2, 0) is 4.79 Å². The minimum absolute atomic E-state index is 0.0367. The second kappa shape index (κ2) is 8.63. The minimum Gasteiger partial charge on any atom is -0.388 e. The Bertz CT molecular complexity index is 560. The van der Waals surface area contributed by atoms with E-state index in [0.717, 1.165) is 12.1 Å². The molecule has 2 rings (SSSR count). The summed E-state index contributed by atoms with van der Waals surface area (Å²) < 4.78 is 0. The zero-order valence-electron chi connectivity index (χ0n) is 12.6. The molecule has 2 N–H and O–H groups in total. The molecule has 22 heavy (non-hydrogen) atoms. The molecule has 0 radical (unpaired) electrons. The normalized spacial score (nSPS) is 12.3. The van der Waals surface area contributed by atoms with Gasteiger partial charge in [0, 0.05) is 31.1 Å². The van der Waals surface area contributed by atoms with E-state index in [0.29, 0.717) is 24.5 Å². The van der Waals surface area contributed by atoms with E-state index in [1.807, 2.05) is 47.7 Å². The Morgan fingerprint density at radius 1 is 1.36 bits per heavy atom. The van der Waals surface area contributed by atoms with Crippen LogP contribution in [0.1, 0.15) is 24.5 Å². The molecule has 1 heterocycles. The van der Waals surface area contributed by atoms with Crippen LogP contribution in [0.5, 0.6) is 0 Å². The Morgan fingerprint density at radius 2 is 2.14 bits per heavy atom. The Morgan fingerprint density at radius 3 is 2.82 bits per heavy atom. The van der Waals surface area contributed by atoms with Crippen LogP contribution < -0.4 is 5.32 Å². The summed E-state index contributed by atoms with van der Waals surface area (Å²) in [5.74, 6) is -0.0367. The SMILES string of the molecule is CN(CCC(=O)Nc1nccs1)CC[C@H](O)c1ccccc1. The fourth-order valence-corrected chi connectivity index (χ4v) is 2.60. The largest absolute Gasteiger partial charge is 0.388 e. The Balaban J connectivity index is 1.65. The molecule has 0 aliphatic heterocycles. The third-order valence-electron chi connectivity index (χ3n) is 3.37. The van der Waals surface area contributed by atoms with Crippen molar-refractivity contribution in [1.82, 2.24) is 9.88 Å². The van der Waals surface area contributed by atoms with Crippen LogP contribution >= 0.6 is 11.3 Å². The average molecular weight is 319 g/mol. The lowest BCUT2D eigenvalue weighted by Gasteiger charge is -2.18. The van der Waals surface area contributed by atoms with E-state index < -0.39 is 6.10 Å². The number of thiazole rings is 1. The van der Waals surface area contributed by atoms with E-state index in [1.54, 1.807) is 6.20 Å². The highest BCUT2D eigenvalue weighted by Crippen LogP contribution is 2.16. The summed E-state index contributed by atoms with van der Waals surface area (Å²) in [7, 11) is 1.95. The van der Waals surface area contributed by atoms with Gasteiger partial charge in [-0.25, -0.2) is 4.98 Å². The van der Waals surface area contributed by atoms with Gasteiger partial charge in [0.05, 0.1) is 6.10 Å². The molecule has 1 aromatic heterocycles. The summed E-state index contributed by atoms with van der Waals surface area (Å²) in [6.07, 6.45) is 2.26. The fourth-order valence-electron chi connectivity index (χ4n) is 2.06. The molecule has 0 aliphatic carbocycles. The second-order valence-electron chi connectivity index (χ2n) is 5.15. The molecular weight excluding hydrogens is 298 g/mol. The van der Waals surface area contributed by atoms with E-state index >= 15 is 0 Å². The highest BCUT2D eigenvalue weighted by Gasteiger charge is 2.10. The average Bonchev–Trinajstić information content (AvgIpc) is 3.04. The van der Waals surface area contributed by atoms with Crippen molar-refractivity contribution < 1.29 is 9.90 Å². The molecule has 6 heteroatoms. The quantitative estimate of drug-likeness (QED) is 0.785. The summed E-state index contributed by atoms with van der Waals surface area (Å²) in [6.45, 7) is 1.39. The first kappa shape index (κ1) is 16.6. The van der Waals surface area contributed by atoms with Gasteiger partial charge in [-0.05, 0) is 19.0 Å². The molecule has 1 aromatic carbocycles. The third-order valence-corrected chi connectivity index (χ3v) is 4.06. The van der Waals surface area contributed by atoms with Crippen molar-refractivity contribution in [1.29, 1.82) is 0 Å². The van der Waals surface area contributed by atoms with Gasteiger partial charge in [0.1, 0.15) is 0 Å². The first-order chi connectivity index (χ1) is 10.6. The van der Waals surface area contributed by atoms with Crippen molar-refractivity contribution in [2.75, 3.05) is 25.5 Å². The number of nitrogens with zero attached hydrogens (tertiary/aromatic N) is 2. The van der Waals surface area contributed by atoms with Crippen molar-refractivity contribution in [2.45, 2.75) is 18.9 Å². The molecule has 0 aliphatic rings. The molecule has 118 valence electrons. The number of aliphatic hydroxyl groups excluding tert-OH is 1. The number of anilines is 1. The monoisotopic (exact) mass is 319 g/mol. The summed E-state index contributed by atoms with van der Waals surface area (Å²) >= 11 is 1.41. The summed E-state index contributed by atoms with van der Waals surface area (Å²) in [5, 5.41) is 15.3. The van der Waals surface area contributed by atoms with Gasteiger partial charge in [0.2, 0.25) is 5.91 Å². The third kappa shape index (κ3) is 5.55. The highest BCUT2D eigenvalue weighted by atomic mass is 32.1. The van der Waals surface area contributed by atoms with Crippen LogP contribution in [0, 0.1) is 0 Å². The van der Waals surface area contributed by atoms with Gasteiger partial charge in [0.25, 0.3) is 0 Å². The van der Waals surface area contributed by atoms with Gasteiger partial charge < -0.3 is 15.3 Å². The molecule has 0 bridgehead atoms. The molecule has 5 nitrogen and oxygen atoms in total. The summed E-state index contributed by atoms with van der Waals surface area (Å²) in [6, 6.07) is 9.62. The van der Waals surface area contributed by atoms with Gasteiger partial charge in [-0.1, -0.05) is 30.3 Å². The van der Waals surface area contributed by atoms with Crippen molar-refractivity contribution in [3.05, 3.63) is 47.5 Å². The van der Waals surface area contributed by atoms with Gasteiger partial charge in [-0.15, -0.1) is 11.3 Å². The van der Waals surface area contributed by atoms with Crippen LogP contribution in [-0.4, -0.2) is 41.0 Å². The van der Waals surface area contributed by atoms with Crippen molar-refractivity contribution in [3.8, 4) is 0 Å². The Hall–Kier alpha value is -1.76. The molecular formula is C16H21N3O2S. The predicted molar refractivity (Wildman–Crippen MR) is 88.9 cm³/mol. The maximum Gasteiger partial charge on any atom is 0.227 e. The van der Waals surface area contributed by atoms with E-state index in [9.17, 15) is 9.90 Å². The second-order valence-corrected chi connectivity index (χ2v) is 6.05. The zero-order chi connectivity index (χ0) is 15.8. The molecule has 0 unspecified atom stereocenters. The van der Waals surface area contributed by atoms with Gasteiger partial charge in [-0.2, -0.15) is 0 Å². The number of amides is 1. The Kier molecular flexibility index (Phi) is 6.51. The van der Waals surface area contributed by atoms with Gasteiger partial charge in [0.15, 0.2) is 5.13 Å². The van der Waals surface area contributed by atoms with Crippen LogP contribution in [0.15, 0.2) is 41.9 Å². The van der Waals surface area contributed by atoms with Crippen LogP contribution in [0.2, 0.25) is 0 Å². The molecule has 0 fully saturated rings. The fraction of sp³-hybridized carbons (Fsp3) is 0.375. The van der Waals surface area contributed by atoms with E-state index in [4.69, 9.17) is 0 Å². The van der Waals surface area contributed by atoms with Crippen LogP contribution in [0.25, 0.3) is 0 Å². The lowest BCUT2D eigenvalue weighted by Crippen LogP contribution is -2.26. The van der Waals surface area contributed by atoms with Crippen LogP contribution in [0.4, 0.5) is 5.13 Å². The number of aromatic nitrogens is 1. The van der Waals surface area contributed by atoms with Crippen molar-refractivity contribution in [2.24, 2.45) is 0 Å². The molecule has 0 saturated carbocycles. The maximum atomic E-state index is 11.8. The lowest BCUT2D eigenvalue weighted by atomic mass is 10.1. The predicted octanol–water partition coefficient (Wildman–Crippen LogP) is 2.53. The highest BCUT2D eigenvalue weighted by molar-refractivity contribution is 7.13. The number of carbonyl (C=O) groups is 1. The zero-order valence-corrected chi connectivity index (χ0v) is 13.4. The first-order valence-electron chi connectivity index (χ1n) is 7.26. The summed E-state index contributed by atoms with van der Waals surface area (Å²) in [4.78, 5) is 17.8. The Labute approximate surface area is 134 Å². The van der Waals surface area contributed by atoms with E-state index in [-0.39, 0.29) is 5.91 Å². The molecule has 1 amide bonds. The number of nitrogens with one attached hydrogen (secondary N) is 1. The minimum atomic E-state index is -0.465. The van der Waals surface area contributed by atoms with Gasteiger partial charge in [-0.3, -0.25) is 4.79 Å². The smallest absolute Gasteiger partial charge is 0.227 e. The first-order valence-corrected chi connectivity index (χ1v) is 8.14. The van der Waals surface area contributed by atoms with Gasteiger partial charge >= 0.3 is 0 Å². The van der Waals surface area contributed by atoms with Crippen molar-refractivity contribution >= 4 is 22.4 Å². The number of carbonyl (C=O) groups excluding carboxylic acids is 1. The van der Waals surface area contributed by atoms with E-state index in [1.165, 1.54) is 11.3 Å². The molecule has 2 aromatic rings. The number of hydrogen-bond acceptors (Lipinski definition) is 5. The number of aliphatic hydroxyl groups is 1. The molecule has 0 saturated heterocycles. The van der Waals surface area contributed by atoms with Crippen LogP contribution in [0.3, 0.4) is 0 Å².